The third-order valence-electron chi connectivity index (χ3n) is 3.87. The molecule has 5 heteroatoms. The zero-order chi connectivity index (χ0) is 15.2. The van der Waals surface area contributed by atoms with Crippen LogP contribution in [0.1, 0.15) is 11.3 Å². The van der Waals surface area contributed by atoms with Crippen molar-refractivity contribution in [1.82, 2.24) is 9.80 Å². The molecule has 1 aromatic heterocycles. The first kappa shape index (κ1) is 17.3. The number of piperazine rings is 1. The summed E-state index contributed by atoms with van der Waals surface area (Å²) in [6.07, 6.45) is 4.91. The van der Waals surface area contributed by atoms with E-state index in [4.69, 9.17) is 4.42 Å². The van der Waals surface area contributed by atoms with Crippen LogP contribution in [0.5, 0.6) is 0 Å². The maximum Gasteiger partial charge on any atom is 0.246 e. The van der Waals surface area contributed by atoms with Gasteiger partial charge in [0.15, 0.2) is 0 Å². The largest absolute Gasteiger partial charge is 0.465 e. The second kappa shape index (κ2) is 8.56. The summed E-state index contributed by atoms with van der Waals surface area (Å²) in [4.78, 5) is 16.4. The van der Waals surface area contributed by atoms with E-state index in [0.717, 1.165) is 32.7 Å². The van der Waals surface area contributed by atoms with E-state index in [1.165, 1.54) is 5.56 Å². The molecule has 0 atom stereocenters. The predicted octanol–water partition coefficient (Wildman–Crippen LogP) is 3.06. The van der Waals surface area contributed by atoms with Crippen molar-refractivity contribution >= 4 is 24.4 Å². The third-order valence-corrected chi connectivity index (χ3v) is 3.87. The lowest BCUT2D eigenvalue weighted by atomic mass is 10.2. The van der Waals surface area contributed by atoms with Gasteiger partial charge in [0, 0.05) is 38.8 Å². The number of benzene rings is 1. The molecule has 0 saturated carbocycles. The third kappa shape index (κ3) is 4.98. The lowest BCUT2D eigenvalue weighted by Gasteiger charge is -2.34. The van der Waals surface area contributed by atoms with Crippen LogP contribution in [0.3, 0.4) is 0 Å². The molecule has 4 nitrogen and oxygen atoms in total. The number of hydrogen-bond acceptors (Lipinski definition) is 3. The molecule has 0 unspecified atom stereocenters. The van der Waals surface area contributed by atoms with Crippen LogP contribution < -0.4 is 0 Å². The normalized spacial score (nSPS) is 15.6. The van der Waals surface area contributed by atoms with Crippen molar-refractivity contribution < 1.29 is 9.21 Å². The number of hydrogen-bond donors (Lipinski definition) is 0. The van der Waals surface area contributed by atoms with Crippen LogP contribution in [0.25, 0.3) is 6.08 Å². The molecule has 3 rings (SSSR count). The number of amides is 1. The smallest absolute Gasteiger partial charge is 0.246 e. The second-order valence-electron chi connectivity index (χ2n) is 5.44. The molecule has 0 aliphatic carbocycles. The van der Waals surface area contributed by atoms with Gasteiger partial charge in [-0.05, 0) is 23.8 Å². The van der Waals surface area contributed by atoms with Crippen LogP contribution in [0.4, 0.5) is 0 Å². The molecule has 122 valence electrons. The van der Waals surface area contributed by atoms with Gasteiger partial charge >= 0.3 is 0 Å². The number of furan rings is 1. The Kier molecular flexibility index (Phi) is 6.44. The van der Waals surface area contributed by atoms with E-state index in [1.54, 1.807) is 18.4 Å². The molecular formula is C18H21ClN2O2. The fourth-order valence-corrected chi connectivity index (χ4v) is 2.61. The van der Waals surface area contributed by atoms with E-state index >= 15 is 0 Å². The van der Waals surface area contributed by atoms with Crippen molar-refractivity contribution in [2.75, 3.05) is 26.2 Å². The maximum atomic E-state index is 12.1. The Morgan fingerprint density at radius 3 is 2.43 bits per heavy atom. The lowest BCUT2D eigenvalue weighted by molar-refractivity contribution is -0.127. The predicted molar refractivity (Wildman–Crippen MR) is 93.3 cm³/mol. The van der Waals surface area contributed by atoms with Crippen LogP contribution in [0, 0.1) is 0 Å². The molecule has 2 heterocycles. The number of nitrogens with zero attached hydrogens (tertiary/aromatic N) is 2. The zero-order valence-electron chi connectivity index (χ0n) is 12.9. The first-order valence-electron chi connectivity index (χ1n) is 7.58. The zero-order valence-corrected chi connectivity index (χ0v) is 13.7. The summed E-state index contributed by atoms with van der Waals surface area (Å²) in [5, 5.41) is 0. The summed E-state index contributed by atoms with van der Waals surface area (Å²) in [6, 6.07) is 14.1. The Bertz CT molecular complexity index is 618. The van der Waals surface area contributed by atoms with E-state index < -0.39 is 0 Å². The van der Waals surface area contributed by atoms with Crippen LogP contribution in [-0.4, -0.2) is 41.9 Å². The van der Waals surface area contributed by atoms with Gasteiger partial charge in [-0.1, -0.05) is 30.3 Å². The minimum atomic E-state index is 0. The van der Waals surface area contributed by atoms with E-state index in [9.17, 15) is 4.79 Å². The summed E-state index contributed by atoms with van der Waals surface area (Å²) >= 11 is 0. The topological polar surface area (TPSA) is 36.7 Å². The number of carbonyl (C=O) groups is 1. The molecule has 1 amide bonds. The summed E-state index contributed by atoms with van der Waals surface area (Å²) in [7, 11) is 0. The fraction of sp³-hybridized carbons (Fsp3) is 0.278. The Labute approximate surface area is 142 Å². The van der Waals surface area contributed by atoms with Gasteiger partial charge in [-0.25, -0.2) is 0 Å². The van der Waals surface area contributed by atoms with Gasteiger partial charge in [0.1, 0.15) is 5.76 Å². The highest BCUT2D eigenvalue weighted by Crippen LogP contribution is 2.09. The van der Waals surface area contributed by atoms with Gasteiger partial charge in [0.05, 0.1) is 6.26 Å². The monoisotopic (exact) mass is 332 g/mol. The van der Waals surface area contributed by atoms with Gasteiger partial charge in [-0.2, -0.15) is 0 Å². The van der Waals surface area contributed by atoms with Gasteiger partial charge in [-0.15, -0.1) is 12.4 Å². The molecule has 0 radical (unpaired) electrons. The minimum Gasteiger partial charge on any atom is -0.465 e. The molecule has 1 fully saturated rings. The highest BCUT2D eigenvalue weighted by atomic mass is 35.5. The van der Waals surface area contributed by atoms with E-state index in [2.05, 4.69) is 29.2 Å². The molecule has 2 aromatic rings. The highest BCUT2D eigenvalue weighted by Gasteiger charge is 2.19. The van der Waals surface area contributed by atoms with Gasteiger partial charge in [-0.3, -0.25) is 9.69 Å². The summed E-state index contributed by atoms with van der Waals surface area (Å²) in [5.41, 5.74) is 1.32. The standard InChI is InChI=1S/C18H20N2O2.ClH/c21-18(9-8-17-7-4-14-22-17)20-12-10-19(11-13-20)15-16-5-2-1-3-6-16;/h1-9,14H,10-13,15H2;1H. The van der Waals surface area contributed by atoms with Gasteiger partial charge < -0.3 is 9.32 Å². The molecule has 1 aromatic carbocycles. The first-order valence-corrected chi connectivity index (χ1v) is 7.58. The first-order chi connectivity index (χ1) is 10.8. The van der Waals surface area contributed by atoms with Gasteiger partial charge in [0.2, 0.25) is 5.91 Å². The highest BCUT2D eigenvalue weighted by molar-refractivity contribution is 5.91. The molecule has 1 aliphatic heterocycles. The Morgan fingerprint density at radius 1 is 1.04 bits per heavy atom. The molecule has 0 bridgehead atoms. The quantitative estimate of drug-likeness (QED) is 0.807. The van der Waals surface area contributed by atoms with Crippen molar-refractivity contribution in [2.45, 2.75) is 6.54 Å². The van der Waals surface area contributed by atoms with Crippen molar-refractivity contribution in [3.63, 3.8) is 0 Å². The van der Waals surface area contributed by atoms with E-state index in [1.807, 2.05) is 23.1 Å². The van der Waals surface area contributed by atoms with Crippen molar-refractivity contribution in [3.05, 3.63) is 66.1 Å². The van der Waals surface area contributed by atoms with Crippen molar-refractivity contribution in [2.24, 2.45) is 0 Å². The van der Waals surface area contributed by atoms with Crippen LogP contribution in [-0.2, 0) is 11.3 Å². The summed E-state index contributed by atoms with van der Waals surface area (Å²) in [5.74, 6) is 0.756. The Balaban J connectivity index is 0.00000192. The number of carbonyl (C=O) groups excluding carboxylic acids is 1. The average molecular weight is 333 g/mol. The molecular weight excluding hydrogens is 312 g/mol. The Hall–Kier alpha value is -2.04. The van der Waals surface area contributed by atoms with Crippen molar-refractivity contribution in [1.29, 1.82) is 0 Å². The van der Waals surface area contributed by atoms with Crippen molar-refractivity contribution in [3.8, 4) is 0 Å². The Morgan fingerprint density at radius 2 is 1.78 bits per heavy atom. The van der Waals surface area contributed by atoms with E-state index in [0.29, 0.717) is 5.76 Å². The van der Waals surface area contributed by atoms with Gasteiger partial charge in [0.25, 0.3) is 0 Å². The number of rotatable bonds is 4. The molecule has 0 N–H and O–H groups in total. The second-order valence-corrected chi connectivity index (χ2v) is 5.44. The number of halogens is 1. The summed E-state index contributed by atoms with van der Waals surface area (Å²) < 4.78 is 5.19. The summed E-state index contributed by atoms with van der Waals surface area (Å²) in [6.45, 7) is 4.32. The van der Waals surface area contributed by atoms with Crippen LogP contribution in [0.15, 0.2) is 59.2 Å². The molecule has 23 heavy (non-hydrogen) atoms. The minimum absolute atomic E-state index is 0. The lowest BCUT2D eigenvalue weighted by Crippen LogP contribution is -2.47. The van der Waals surface area contributed by atoms with Crippen LogP contribution >= 0.6 is 12.4 Å². The maximum absolute atomic E-state index is 12.1. The van der Waals surface area contributed by atoms with Crippen LogP contribution in [0.2, 0.25) is 0 Å². The average Bonchev–Trinajstić information content (AvgIpc) is 3.08. The van der Waals surface area contributed by atoms with E-state index in [-0.39, 0.29) is 18.3 Å². The molecule has 1 aliphatic rings. The molecule has 1 saturated heterocycles. The molecule has 0 spiro atoms. The fourth-order valence-electron chi connectivity index (χ4n) is 2.61. The SMILES string of the molecule is Cl.O=C(C=Cc1ccco1)N1CCN(Cc2ccccc2)CC1.